The van der Waals surface area contributed by atoms with E-state index in [1.54, 1.807) is 0 Å². The van der Waals surface area contributed by atoms with Crippen molar-refractivity contribution in [2.24, 2.45) is 10.7 Å². The molecule has 1 heterocycles. The number of rotatable bonds is 8. The minimum absolute atomic E-state index is 0.459. The van der Waals surface area contributed by atoms with E-state index in [9.17, 15) is 0 Å². The number of nitrogens with one attached hydrogen (secondary N) is 1. The number of nitrogens with two attached hydrogens (primary N) is 1. The molecule has 4 heteroatoms. The van der Waals surface area contributed by atoms with Gasteiger partial charge in [-0.1, -0.05) is 152 Å². The van der Waals surface area contributed by atoms with Crippen LogP contribution in [0.25, 0.3) is 17.2 Å². The molecule has 0 amide bonds. The minimum Gasteiger partial charge on any atom is -0.327 e. The van der Waals surface area contributed by atoms with Gasteiger partial charge < -0.3 is 10.6 Å². The number of hydrogen-bond donors (Lipinski definition) is 2. The zero-order valence-corrected chi connectivity index (χ0v) is 29.7. The van der Waals surface area contributed by atoms with Gasteiger partial charge >= 0.3 is 0 Å². The third-order valence-electron chi connectivity index (χ3n) is 10.6. The van der Waals surface area contributed by atoms with E-state index in [-0.39, 0.29) is 0 Å². The molecule has 3 N–H and O–H groups in total. The molecule has 0 aromatic heterocycles. The fourth-order valence-corrected chi connectivity index (χ4v) is 8.15. The maximum atomic E-state index is 8.83. The zero-order chi connectivity index (χ0) is 36.5. The summed E-state index contributed by atoms with van der Waals surface area (Å²) in [5.74, 6) is 0. The number of fused-ring (bicyclic) bond motifs is 6. The van der Waals surface area contributed by atoms with Crippen molar-refractivity contribution in [3.05, 3.63) is 233 Å². The van der Waals surface area contributed by atoms with Gasteiger partial charge in [0.05, 0.1) is 28.2 Å². The van der Waals surface area contributed by atoms with Crippen molar-refractivity contribution in [3.63, 3.8) is 0 Å². The molecule has 0 saturated carbocycles. The summed E-state index contributed by atoms with van der Waals surface area (Å²) in [7, 11) is 0. The van der Waals surface area contributed by atoms with Crippen LogP contribution in [-0.4, -0.2) is 18.5 Å². The first-order valence-electron chi connectivity index (χ1n) is 18.3. The maximum absolute atomic E-state index is 8.83. The van der Waals surface area contributed by atoms with Crippen LogP contribution in [0.1, 0.15) is 38.9 Å². The number of allylic oxidation sites excluding steroid dienone is 2. The summed E-state index contributed by atoms with van der Waals surface area (Å²) in [4.78, 5) is 7.24. The average molecular weight is 695 g/mol. The monoisotopic (exact) mass is 694 g/mol. The molecule has 0 fully saturated rings. The summed E-state index contributed by atoms with van der Waals surface area (Å²) in [5.41, 5.74) is 21.3. The molecule has 9 rings (SSSR count). The summed E-state index contributed by atoms with van der Waals surface area (Å²) in [6, 6.07) is 61.4. The van der Waals surface area contributed by atoms with Crippen LogP contribution >= 0.6 is 0 Å². The van der Waals surface area contributed by atoms with Crippen LogP contribution in [0.3, 0.4) is 0 Å². The molecule has 0 atom stereocenters. The highest BCUT2D eigenvalue weighted by Crippen LogP contribution is 2.61. The summed E-state index contributed by atoms with van der Waals surface area (Å²) in [6.45, 7) is 0.464. The first-order valence-corrected chi connectivity index (χ1v) is 18.3. The molecule has 1 aliphatic carbocycles. The lowest BCUT2D eigenvalue weighted by atomic mass is 9.63. The van der Waals surface area contributed by atoms with E-state index in [0.29, 0.717) is 12.3 Å². The smallest absolute Gasteiger partial charge is 0.0748 e. The lowest BCUT2D eigenvalue weighted by Gasteiger charge is -2.45. The van der Waals surface area contributed by atoms with Crippen LogP contribution in [0.2, 0.25) is 0 Å². The predicted molar refractivity (Wildman–Crippen MR) is 225 cm³/mol. The average Bonchev–Trinajstić information content (AvgIpc) is 3.56. The molecule has 0 saturated heterocycles. The number of benzene rings is 7. The largest absolute Gasteiger partial charge is 0.327 e. The molecule has 0 radical (unpaired) electrons. The second kappa shape index (κ2) is 13.9. The van der Waals surface area contributed by atoms with Gasteiger partial charge in [0.15, 0.2) is 0 Å². The Bertz CT molecular complexity index is 2550. The first-order chi connectivity index (χ1) is 26.7. The molecule has 7 aromatic rings. The number of anilines is 3. The van der Waals surface area contributed by atoms with Gasteiger partial charge in [-0.15, -0.1) is 0 Å². The fraction of sp³-hybridized carbons (Fsp3) is 0.0400. The van der Waals surface area contributed by atoms with Crippen molar-refractivity contribution < 1.29 is 0 Å². The Kier molecular flexibility index (Phi) is 8.51. The number of aliphatic imine (C=N–C) groups is 1. The molecule has 54 heavy (non-hydrogen) atoms. The molecule has 1 aliphatic heterocycles. The molecular formula is C50H38N4. The van der Waals surface area contributed by atoms with Gasteiger partial charge in [0.1, 0.15) is 0 Å². The number of nitrogens with zero attached hydrogens (tertiary/aromatic N) is 2. The normalized spacial score (nSPS) is 13.9. The van der Waals surface area contributed by atoms with Gasteiger partial charge in [0.25, 0.3) is 0 Å². The van der Waals surface area contributed by atoms with Crippen LogP contribution in [0.4, 0.5) is 22.7 Å². The molecule has 0 unspecified atom stereocenters. The standard InChI is InChI=1S/C50H38N4/c51-31-13-16-40-32-39-30-29-38(36-27-25-35(26-28-36)34-53-46-22-10-7-19-42(46)49(52)37-14-3-1-4-15-37)33-45(39)50(40)43-20-8-11-23-47(43)54(41-17-5-2-6-18-41)48-24-12-9-21-44(48)50/h1-30,32-34,52H,31,51H2/b16-13-,52-49?,53-34+. The summed E-state index contributed by atoms with van der Waals surface area (Å²) in [5, 5.41) is 8.83. The first kappa shape index (κ1) is 33.0. The maximum Gasteiger partial charge on any atom is 0.0748 e. The van der Waals surface area contributed by atoms with Crippen molar-refractivity contribution in [3.8, 4) is 11.1 Å². The van der Waals surface area contributed by atoms with Gasteiger partial charge in [0.2, 0.25) is 0 Å². The lowest BCUT2D eigenvalue weighted by Crippen LogP contribution is -2.36. The summed E-state index contributed by atoms with van der Waals surface area (Å²) < 4.78 is 0. The topological polar surface area (TPSA) is 65.5 Å². The van der Waals surface area contributed by atoms with Crippen LogP contribution in [0.15, 0.2) is 199 Å². The minimum atomic E-state index is -0.539. The van der Waals surface area contributed by atoms with E-state index in [4.69, 9.17) is 16.1 Å². The Morgan fingerprint density at radius 2 is 1.24 bits per heavy atom. The van der Waals surface area contributed by atoms with Crippen molar-refractivity contribution >= 4 is 40.8 Å². The second-order valence-electron chi connectivity index (χ2n) is 13.6. The molecule has 7 aromatic carbocycles. The van der Waals surface area contributed by atoms with E-state index in [1.807, 2.05) is 60.8 Å². The van der Waals surface area contributed by atoms with E-state index < -0.39 is 5.41 Å². The molecule has 258 valence electrons. The van der Waals surface area contributed by atoms with Crippen molar-refractivity contribution in [1.82, 2.24) is 0 Å². The zero-order valence-electron chi connectivity index (χ0n) is 29.7. The van der Waals surface area contributed by atoms with E-state index in [1.165, 1.54) is 27.8 Å². The Morgan fingerprint density at radius 3 is 1.94 bits per heavy atom. The SMILES string of the molecule is N=C(c1ccccc1)c1ccccc1/N=C/c1ccc(-c2ccc3c(c2)C2(C(/C=C\CN)=C3)c3ccccc3N(c3ccccc3)c3ccccc32)cc1. The van der Waals surface area contributed by atoms with Crippen LogP contribution < -0.4 is 10.6 Å². The Labute approximate surface area is 316 Å². The van der Waals surface area contributed by atoms with E-state index >= 15 is 0 Å². The van der Waals surface area contributed by atoms with Crippen LogP contribution in [0.5, 0.6) is 0 Å². The lowest BCUT2D eigenvalue weighted by molar-refractivity contribution is 0.746. The Balaban J connectivity index is 1.12. The van der Waals surface area contributed by atoms with Gasteiger partial charge in [-0.2, -0.15) is 0 Å². The molecule has 4 nitrogen and oxygen atoms in total. The van der Waals surface area contributed by atoms with Crippen molar-refractivity contribution in [2.75, 3.05) is 11.4 Å². The highest BCUT2D eigenvalue weighted by Gasteiger charge is 2.50. The van der Waals surface area contributed by atoms with Gasteiger partial charge in [0, 0.05) is 29.6 Å². The predicted octanol–water partition coefficient (Wildman–Crippen LogP) is 11.5. The molecule has 1 spiro atoms. The van der Waals surface area contributed by atoms with E-state index in [2.05, 4.69) is 144 Å². The van der Waals surface area contributed by atoms with Crippen molar-refractivity contribution in [1.29, 1.82) is 5.41 Å². The van der Waals surface area contributed by atoms with Gasteiger partial charge in [-0.05, 0) is 87.0 Å². The molecule has 2 aliphatic rings. The summed E-state index contributed by atoms with van der Waals surface area (Å²) in [6.07, 6.45) is 8.51. The van der Waals surface area contributed by atoms with Crippen LogP contribution in [0, 0.1) is 5.41 Å². The quantitative estimate of drug-likeness (QED) is 0.156. The highest BCUT2D eigenvalue weighted by molar-refractivity contribution is 6.14. The number of hydrogen-bond acceptors (Lipinski definition) is 4. The van der Waals surface area contributed by atoms with Crippen molar-refractivity contribution in [2.45, 2.75) is 5.41 Å². The third kappa shape index (κ3) is 5.52. The Hall–Kier alpha value is -6.88. The molecular weight excluding hydrogens is 657 g/mol. The second-order valence-corrected chi connectivity index (χ2v) is 13.6. The Morgan fingerprint density at radius 1 is 0.630 bits per heavy atom. The molecule has 0 bridgehead atoms. The fourth-order valence-electron chi connectivity index (χ4n) is 8.15. The van der Waals surface area contributed by atoms with E-state index in [0.717, 1.165) is 50.6 Å². The number of para-hydroxylation sites is 4. The van der Waals surface area contributed by atoms with Gasteiger partial charge in [-0.3, -0.25) is 10.4 Å². The van der Waals surface area contributed by atoms with Gasteiger partial charge in [-0.25, -0.2) is 0 Å². The third-order valence-corrected chi connectivity index (χ3v) is 10.6. The van der Waals surface area contributed by atoms with Crippen LogP contribution in [-0.2, 0) is 5.41 Å². The highest BCUT2D eigenvalue weighted by atomic mass is 15.2. The summed E-state index contributed by atoms with van der Waals surface area (Å²) >= 11 is 0.